The van der Waals surface area contributed by atoms with Crippen LogP contribution < -0.4 is 16.3 Å². The lowest BCUT2D eigenvalue weighted by molar-refractivity contribution is 0.766. The van der Waals surface area contributed by atoms with E-state index in [4.69, 9.17) is 0 Å². The van der Waals surface area contributed by atoms with Gasteiger partial charge in [-0.15, -0.1) is 0 Å². The molecule has 0 unspecified atom stereocenters. The van der Waals surface area contributed by atoms with E-state index in [2.05, 4.69) is 15.1 Å². The van der Waals surface area contributed by atoms with Crippen molar-refractivity contribution in [3.63, 3.8) is 0 Å². The molecule has 7 nitrogen and oxygen atoms in total. The van der Waals surface area contributed by atoms with Crippen LogP contribution in [0.1, 0.15) is 5.69 Å². The van der Waals surface area contributed by atoms with Gasteiger partial charge in [0.25, 0.3) is 5.56 Å². The second-order valence-electron chi connectivity index (χ2n) is 3.88. The third-order valence-electron chi connectivity index (χ3n) is 2.53. The van der Waals surface area contributed by atoms with Crippen molar-refractivity contribution in [1.29, 1.82) is 0 Å². The van der Waals surface area contributed by atoms with Crippen LogP contribution in [-0.4, -0.2) is 27.8 Å². The van der Waals surface area contributed by atoms with E-state index >= 15 is 0 Å². The molecule has 0 atom stereocenters. The summed E-state index contributed by atoms with van der Waals surface area (Å²) in [6, 6.07) is 6.75. The largest absolute Gasteiger partial charge is 0.329 e. The molecule has 0 amide bonds. The summed E-state index contributed by atoms with van der Waals surface area (Å²) in [5, 5.41) is 5.50. The number of nitrogens with zero attached hydrogens (tertiary/aromatic N) is 4. The predicted molar refractivity (Wildman–Crippen MR) is 72.5 cm³/mol. The van der Waals surface area contributed by atoms with E-state index in [0.717, 1.165) is 4.57 Å². The van der Waals surface area contributed by atoms with E-state index in [1.807, 2.05) is 6.07 Å². The van der Waals surface area contributed by atoms with Gasteiger partial charge in [-0.25, -0.2) is 4.79 Å². The highest BCUT2D eigenvalue weighted by atomic mass is 16.2. The number of hydrogen-bond acceptors (Lipinski definition) is 5. The summed E-state index contributed by atoms with van der Waals surface area (Å²) in [6.07, 6.45) is 3.19. The lowest BCUT2D eigenvalue weighted by Gasteiger charge is -2.11. The molecule has 1 N–H and O–H groups in total. The summed E-state index contributed by atoms with van der Waals surface area (Å²) >= 11 is 0. The Morgan fingerprint density at radius 1 is 1.42 bits per heavy atom. The van der Waals surface area contributed by atoms with Crippen LogP contribution in [0, 0.1) is 0 Å². The summed E-state index contributed by atoms with van der Waals surface area (Å²) in [7, 11) is 3.03. The van der Waals surface area contributed by atoms with Crippen molar-refractivity contribution in [2.24, 2.45) is 12.1 Å². The first-order chi connectivity index (χ1) is 9.08. The predicted octanol–water partition coefficient (Wildman–Crippen LogP) is -0.0611. The van der Waals surface area contributed by atoms with Crippen molar-refractivity contribution in [2.75, 3.05) is 12.1 Å². The Morgan fingerprint density at radius 3 is 2.84 bits per heavy atom. The van der Waals surface area contributed by atoms with Crippen LogP contribution in [0.3, 0.4) is 0 Å². The minimum absolute atomic E-state index is 0.320. The number of hydrazone groups is 1. The van der Waals surface area contributed by atoms with Gasteiger partial charge in [-0.2, -0.15) is 5.10 Å². The lowest BCUT2D eigenvalue weighted by Crippen LogP contribution is -2.33. The second kappa shape index (κ2) is 5.30. The number of aromatic amines is 1. The topological polar surface area (TPSA) is 83.3 Å². The van der Waals surface area contributed by atoms with Gasteiger partial charge in [0.05, 0.1) is 11.9 Å². The van der Waals surface area contributed by atoms with E-state index in [1.54, 1.807) is 25.4 Å². The number of H-pyrrole nitrogens is 1. The maximum atomic E-state index is 11.5. The molecule has 0 saturated carbocycles. The fourth-order valence-electron chi connectivity index (χ4n) is 1.38. The molecule has 7 heteroatoms. The molecule has 0 spiro atoms. The Bertz CT molecular complexity index is 671. The maximum absolute atomic E-state index is 11.5. The molecular weight excluding hydrogens is 246 g/mol. The van der Waals surface area contributed by atoms with Crippen LogP contribution in [0.5, 0.6) is 0 Å². The summed E-state index contributed by atoms with van der Waals surface area (Å²) in [6.45, 7) is 0. The Kier molecular flexibility index (Phi) is 3.56. The minimum atomic E-state index is -0.484. The van der Waals surface area contributed by atoms with Gasteiger partial charge in [-0.3, -0.25) is 24.3 Å². The van der Waals surface area contributed by atoms with E-state index in [0.29, 0.717) is 11.5 Å². The van der Waals surface area contributed by atoms with E-state index < -0.39 is 11.2 Å². The zero-order valence-corrected chi connectivity index (χ0v) is 10.6. The molecule has 2 rings (SSSR count). The van der Waals surface area contributed by atoms with Gasteiger partial charge < -0.3 is 0 Å². The molecule has 0 bridgehead atoms. The highest BCUT2D eigenvalue weighted by Crippen LogP contribution is 2.02. The molecule has 2 aromatic rings. The Hall–Kier alpha value is -2.70. The molecule has 0 aliphatic rings. The van der Waals surface area contributed by atoms with Gasteiger partial charge in [-0.1, -0.05) is 6.07 Å². The van der Waals surface area contributed by atoms with Crippen molar-refractivity contribution in [1.82, 2.24) is 14.5 Å². The molecule has 0 aliphatic carbocycles. The quantitative estimate of drug-likeness (QED) is 0.618. The molecule has 98 valence electrons. The number of nitrogens with one attached hydrogen (secondary N) is 1. The van der Waals surface area contributed by atoms with Gasteiger partial charge in [0.1, 0.15) is 5.82 Å². The zero-order chi connectivity index (χ0) is 13.8. The van der Waals surface area contributed by atoms with Gasteiger partial charge in [0, 0.05) is 26.4 Å². The number of anilines is 1. The summed E-state index contributed by atoms with van der Waals surface area (Å²) in [4.78, 5) is 29.6. The molecule has 19 heavy (non-hydrogen) atoms. The third-order valence-corrected chi connectivity index (χ3v) is 2.53. The first-order valence-corrected chi connectivity index (χ1v) is 5.57. The molecule has 0 aromatic carbocycles. The fraction of sp³-hybridized carbons (Fsp3) is 0.167. The first kappa shape index (κ1) is 12.7. The summed E-state index contributed by atoms with van der Waals surface area (Å²) in [5.41, 5.74) is -0.193. The number of pyridine rings is 1. The van der Waals surface area contributed by atoms with E-state index in [1.165, 1.54) is 24.3 Å². The highest BCUT2D eigenvalue weighted by Gasteiger charge is 2.03. The van der Waals surface area contributed by atoms with Crippen LogP contribution >= 0.6 is 0 Å². The Balaban J connectivity index is 2.26. The average molecular weight is 259 g/mol. The molecule has 2 aromatic heterocycles. The molecule has 2 heterocycles. The Morgan fingerprint density at radius 2 is 2.21 bits per heavy atom. The molecule has 0 saturated heterocycles. The standard InChI is InChI=1S/C12H13N5O2/c1-16-11(18)7-10(15-12(16)19)17(2)14-8-9-5-3-4-6-13-9/h3-8H,1-2H3,(H,15,19)/b14-8-. The second-order valence-corrected chi connectivity index (χ2v) is 3.88. The number of aromatic nitrogens is 3. The SMILES string of the molecule is CN(/N=C\c1ccccn1)c1cc(=O)n(C)c(=O)[nH]1. The maximum Gasteiger partial charge on any atom is 0.329 e. The van der Waals surface area contributed by atoms with Gasteiger partial charge in [0.15, 0.2) is 0 Å². The van der Waals surface area contributed by atoms with Gasteiger partial charge >= 0.3 is 5.69 Å². The zero-order valence-electron chi connectivity index (χ0n) is 10.6. The van der Waals surface area contributed by atoms with Gasteiger partial charge in [0.2, 0.25) is 0 Å². The van der Waals surface area contributed by atoms with Crippen molar-refractivity contribution in [3.8, 4) is 0 Å². The van der Waals surface area contributed by atoms with Crippen LogP contribution in [-0.2, 0) is 7.05 Å². The lowest BCUT2D eigenvalue weighted by atomic mass is 10.4. The first-order valence-electron chi connectivity index (χ1n) is 5.57. The van der Waals surface area contributed by atoms with Crippen molar-refractivity contribution in [2.45, 2.75) is 0 Å². The van der Waals surface area contributed by atoms with Crippen molar-refractivity contribution >= 4 is 12.0 Å². The molecular formula is C12H13N5O2. The minimum Gasteiger partial charge on any atom is -0.292 e. The monoisotopic (exact) mass is 259 g/mol. The van der Waals surface area contributed by atoms with Crippen LogP contribution in [0.2, 0.25) is 0 Å². The highest BCUT2D eigenvalue weighted by molar-refractivity contribution is 5.77. The number of rotatable bonds is 3. The normalized spacial score (nSPS) is 10.8. The summed E-state index contributed by atoms with van der Waals surface area (Å²) in [5.74, 6) is 0.320. The molecule has 0 aliphatic heterocycles. The van der Waals surface area contributed by atoms with Crippen LogP contribution in [0.15, 0.2) is 45.2 Å². The average Bonchev–Trinajstić information content (AvgIpc) is 2.42. The third kappa shape index (κ3) is 2.95. The van der Waals surface area contributed by atoms with Crippen LogP contribution in [0.4, 0.5) is 5.82 Å². The Labute approximate surface area is 108 Å². The van der Waals surface area contributed by atoms with Crippen molar-refractivity contribution in [3.05, 3.63) is 57.0 Å². The molecule has 0 fully saturated rings. The smallest absolute Gasteiger partial charge is 0.292 e. The fourth-order valence-corrected chi connectivity index (χ4v) is 1.38. The number of hydrogen-bond donors (Lipinski definition) is 1. The van der Waals surface area contributed by atoms with Crippen LogP contribution in [0.25, 0.3) is 0 Å². The summed E-state index contributed by atoms with van der Waals surface area (Å²) < 4.78 is 0.986. The van der Waals surface area contributed by atoms with E-state index in [9.17, 15) is 9.59 Å². The molecule has 0 radical (unpaired) electrons. The van der Waals surface area contributed by atoms with E-state index in [-0.39, 0.29) is 0 Å². The van der Waals surface area contributed by atoms with Crippen molar-refractivity contribution < 1.29 is 0 Å². The van der Waals surface area contributed by atoms with Gasteiger partial charge in [-0.05, 0) is 12.1 Å².